The molecule has 0 saturated heterocycles. The fourth-order valence-electron chi connectivity index (χ4n) is 2.07. The first-order valence-corrected chi connectivity index (χ1v) is 7.49. The van der Waals surface area contributed by atoms with Gasteiger partial charge in [-0.2, -0.15) is 0 Å². The van der Waals surface area contributed by atoms with Gasteiger partial charge in [0.15, 0.2) is 0 Å². The normalized spacial score (nSPS) is 10.1. The number of terminal acetylenes is 1. The van der Waals surface area contributed by atoms with Gasteiger partial charge in [0.2, 0.25) is 0 Å². The van der Waals surface area contributed by atoms with Crippen LogP contribution in [0.2, 0.25) is 0 Å². The van der Waals surface area contributed by atoms with E-state index in [1.165, 1.54) is 10.5 Å². The number of aliphatic hydroxyl groups excluding tert-OH is 1. The molecule has 1 rings (SSSR count). The molecule has 0 radical (unpaired) electrons. The molecule has 0 bridgehead atoms. The SMILES string of the molecule is C#CCNCc1cc(OC(=O)N(CC)CO)ccc1CCC. The summed E-state index contributed by atoms with van der Waals surface area (Å²) in [6, 6.07) is 5.59. The summed E-state index contributed by atoms with van der Waals surface area (Å²) >= 11 is 0. The van der Waals surface area contributed by atoms with E-state index in [0.29, 0.717) is 25.4 Å². The van der Waals surface area contributed by atoms with Gasteiger partial charge in [0.25, 0.3) is 0 Å². The lowest BCUT2D eigenvalue weighted by molar-refractivity contribution is 0.0973. The maximum Gasteiger partial charge on any atom is 0.417 e. The second-order valence-electron chi connectivity index (χ2n) is 4.85. The average Bonchev–Trinajstić information content (AvgIpc) is 2.51. The summed E-state index contributed by atoms with van der Waals surface area (Å²) in [5.74, 6) is 3.00. The summed E-state index contributed by atoms with van der Waals surface area (Å²) in [5.41, 5.74) is 2.27. The molecular formula is C17H24N2O3. The number of carbonyl (C=O) groups is 1. The van der Waals surface area contributed by atoms with Gasteiger partial charge in [-0.05, 0) is 36.6 Å². The Hall–Kier alpha value is -2.03. The van der Waals surface area contributed by atoms with E-state index in [4.69, 9.17) is 16.3 Å². The Balaban J connectivity index is 2.85. The van der Waals surface area contributed by atoms with Crippen molar-refractivity contribution in [3.05, 3.63) is 29.3 Å². The van der Waals surface area contributed by atoms with Crippen molar-refractivity contribution in [2.24, 2.45) is 0 Å². The van der Waals surface area contributed by atoms with Crippen molar-refractivity contribution in [3.8, 4) is 18.1 Å². The van der Waals surface area contributed by atoms with Crippen molar-refractivity contribution in [2.45, 2.75) is 33.2 Å². The monoisotopic (exact) mass is 304 g/mol. The van der Waals surface area contributed by atoms with Crippen molar-refractivity contribution in [1.82, 2.24) is 10.2 Å². The zero-order valence-electron chi connectivity index (χ0n) is 13.3. The number of ether oxygens (including phenoxy) is 1. The van der Waals surface area contributed by atoms with Crippen LogP contribution in [0.25, 0.3) is 0 Å². The van der Waals surface area contributed by atoms with Crippen molar-refractivity contribution in [2.75, 3.05) is 19.8 Å². The van der Waals surface area contributed by atoms with E-state index in [1.807, 2.05) is 12.1 Å². The van der Waals surface area contributed by atoms with Gasteiger partial charge < -0.3 is 15.2 Å². The molecule has 0 unspecified atom stereocenters. The number of nitrogens with zero attached hydrogens (tertiary/aromatic N) is 1. The maximum atomic E-state index is 11.9. The van der Waals surface area contributed by atoms with Gasteiger partial charge in [-0.25, -0.2) is 4.79 Å². The molecule has 0 aliphatic rings. The number of rotatable bonds is 8. The molecule has 0 saturated carbocycles. The molecule has 22 heavy (non-hydrogen) atoms. The van der Waals surface area contributed by atoms with Crippen LogP contribution >= 0.6 is 0 Å². The quantitative estimate of drug-likeness (QED) is 0.439. The fourth-order valence-corrected chi connectivity index (χ4v) is 2.07. The molecule has 0 fully saturated rings. The van der Waals surface area contributed by atoms with Crippen LogP contribution in [0.1, 0.15) is 31.4 Å². The summed E-state index contributed by atoms with van der Waals surface area (Å²) in [6.45, 7) is 5.04. The number of nitrogens with one attached hydrogen (secondary N) is 1. The molecule has 1 aromatic carbocycles. The summed E-state index contributed by atoms with van der Waals surface area (Å²) in [6.07, 6.45) is 6.67. The van der Waals surface area contributed by atoms with Crippen molar-refractivity contribution in [3.63, 3.8) is 0 Å². The summed E-state index contributed by atoms with van der Waals surface area (Å²) < 4.78 is 5.30. The van der Waals surface area contributed by atoms with Gasteiger partial charge >= 0.3 is 6.09 Å². The fraction of sp³-hybridized carbons (Fsp3) is 0.471. The molecule has 0 spiro atoms. The molecule has 5 heteroatoms. The molecular weight excluding hydrogens is 280 g/mol. The average molecular weight is 304 g/mol. The predicted octanol–water partition coefficient (Wildman–Crippen LogP) is 2.13. The van der Waals surface area contributed by atoms with E-state index in [0.717, 1.165) is 18.4 Å². The van der Waals surface area contributed by atoms with E-state index >= 15 is 0 Å². The minimum atomic E-state index is -0.559. The first-order chi connectivity index (χ1) is 10.7. The van der Waals surface area contributed by atoms with E-state index < -0.39 is 6.09 Å². The van der Waals surface area contributed by atoms with Gasteiger partial charge in [0, 0.05) is 13.1 Å². The molecule has 1 aromatic rings. The Morgan fingerprint density at radius 3 is 2.77 bits per heavy atom. The van der Waals surface area contributed by atoms with E-state index in [2.05, 4.69) is 18.2 Å². The van der Waals surface area contributed by atoms with Crippen LogP contribution in [0.3, 0.4) is 0 Å². The number of aryl methyl sites for hydroxylation is 1. The Labute approximate surface area is 132 Å². The first-order valence-electron chi connectivity index (χ1n) is 7.49. The second kappa shape index (κ2) is 9.82. The molecule has 120 valence electrons. The van der Waals surface area contributed by atoms with E-state index in [9.17, 15) is 4.79 Å². The van der Waals surface area contributed by atoms with Gasteiger partial charge in [-0.1, -0.05) is 25.3 Å². The largest absolute Gasteiger partial charge is 0.417 e. The van der Waals surface area contributed by atoms with Crippen LogP contribution < -0.4 is 10.1 Å². The van der Waals surface area contributed by atoms with Gasteiger partial charge in [0.05, 0.1) is 6.54 Å². The van der Waals surface area contributed by atoms with Crippen molar-refractivity contribution >= 4 is 6.09 Å². The Kier molecular flexibility index (Phi) is 8.05. The van der Waals surface area contributed by atoms with E-state index in [1.54, 1.807) is 13.0 Å². The molecule has 2 N–H and O–H groups in total. The molecule has 0 aliphatic heterocycles. The van der Waals surface area contributed by atoms with Crippen LogP contribution in [0.15, 0.2) is 18.2 Å². The second-order valence-corrected chi connectivity index (χ2v) is 4.85. The molecule has 0 heterocycles. The number of benzene rings is 1. The summed E-state index contributed by atoms with van der Waals surface area (Å²) in [4.78, 5) is 13.1. The summed E-state index contributed by atoms with van der Waals surface area (Å²) in [5, 5.41) is 12.2. The lowest BCUT2D eigenvalue weighted by atomic mass is 10.0. The van der Waals surface area contributed by atoms with Gasteiger partial charge in [-0.15, -0.1) is 6.42 Å². The van der Waals surface area contributed by atoms with Crippen LogP contribution in [0.4, 0.5) is 4.79 Å². The third kappa shape index (κ3) is 5.40. The number of hydrogen-bond donors (Lipinski definition) is 2. The van der Waals surface area contributed by atoms with Crippen molar-refractivity contribution < 1.29 is 14.6 Å². The highest BCUT2D eigenvalue weighted by Crippen LogP contribution is 2.20. The molecule has 1 amide bonds. The van der Waals surface area contributed by atoms with Crippen molar-refractivity contribution in [1.29, 1.82) is 0 Å². The topological polar surface area (TPSA) is 61.8 Å². The minimum Gasteiger partial charge on any atom is -0.410 e. The lowest BCUT2D eigenvalue weighted by Crippen LogP contribution is -2.34. The smallest absolute Gasteiger partial charge is 0.410 e. The highest BCUT2D eigenvalue weighted by Gasteiger charge is 2.13. The van der Waals surface area contributed by atoms with Crippen LogP contribution in [-0.2, 0) is 13.0 Å². The number of carbonyl (C=O) groups excluding carboxylic acids is 1. The molecule has 0 aromatic heterocycles. The standard InChI is InChI=1S/C17H24N2O3/c1-4-7-14-8-9-16(11-15(14)12-18-10-5-2)22-17(21)19(6-3)13-20/h2,8-9,11,18,20H,4,6-7,10,12-13H2,1,3H3. The van der Waals surface area contributed by atoms with E-state index in [-0.39, 0.29) is 6.73 Å². The third-order valence-corrected chi connectivity index (χ3v) is 3.26. The highest BCUT2D eigenvalue weighted by molar-refractivity contribution is 5.70. The zero-order valence-corrected chi connectivity index (χ0v) is 13.3. The lowest BCUT2D eigenvalue weighted by Gasteiger charge is -2.18. The highest BCUT2D eigenvalue weighted by atomic mass is 16.6. The Bertz CT molecular complexity index is 519. The van der Waals surface area contributed by atoms with Gasteiger partial charge in [0.1, 0.15) is 12.5 Å². The number of hydrogen-bond acceptors (Lipinski definition) is 4. The van der Waals surface area contributed by atoms with Gasteiger partial charge in [-0.3, -0.25) is 4.90 Å². The molecule has 0 aliphatic carbocycles. The Morgan fingerprint density at radius 2 is 2.18 bits per heavy atom. The zero-order chi connectivity index (χ0) is 16.4. The summed E-state index contributed by atoms with van der Waals surface area (Å²) in [7, 11) is 0. The third-order valence-electron chi connectivity index (χ3n) is 3.26. The molecule has 0 atom stereocenters. The Morgan fingerprint density at radius 1 is 1.41 bits per heavy atom. The first kappa shape index (κ1) is 18.0. The number of aliphatic hydroxyl groups is 1. The predicted molar refractivity (Wildman–Crippen MR) is 86.5 cm³/mol. The molecule has 5 nitrogen and oxygen atoms in total. The van der Waals surface area contributed by atoms with Crippen LogP contribution in [-0.4, -0.2) is 35.9 Å². The number of amides is 1. The maximum absolute atomic E-state index is 11.9. The van der Waals surface area contributed by atoms with Crippen LogP contribution in [0.5, 0.6) is 5.75 Å². The minimum absolute atomic E-state index is 0.361. The van der Waals surface area contributed by atoms with Crippen LogP contribution in [0, 0.1) is 12.3 Å².